The van der Waals surface area contributed by atoms with Crippen LogP contribution < -0.4 is 0 Å². The number of imidazole rings is 1. The maximum atomic E-state index is 9.97. The minimum Gasteiger partial charge on any atom is -0.341 e. The van der Waals surface area contributed by atoms with Crippen LogP contribution in [0.25, 0.3) is 11.0 Å². The lowest BCUT2D eigenvalue weighted by molar-refractivity contribution is 1.02. The molecule has 142 valence electrons. The number of fused-ring (bicyclic) bond motifs is 1. The molecule has 4 rings (SSSR count). The third kappa shape index (κ3) is 4.68. The molecule has 0 saturated carbocycles. The van der Waals surface area contributed by atoms with E-state index in [0.29, 0.717) is 21.6 Å². The largest absolute Gasteiger partial charge is 0.341 e. The lowest BCUT2D eigenvalue weighted by atomic mass is 10.2. The number of H-pyrrole nitrogens is 1. The third-order valence-electron chi connectivity index (χ3n) is 4.35. The summed E-state index contributed by atoms with van der Waals surface area (Å²) in [6, 6.07) is 27.5. The van der Waals surface area contributed by atoms with Gasteiger partial charge in [-0.3, -0.25) is 0 Å². The highest BCUT2D eigenvalue weighted by Gasteiger charge is 2.22. The molecule has 0 spiro atoms. The van der Waals surface area contributed by atoms with Crippen molar-refractivity contribution in [2.75, 3.05) is 0 Å². The van der Waals surface area contributed by atoms with Crippen LogP contribution in [-0.4, -0.2) is 15.0 Å². The van der Waals surface area contributed by atoms with Gasteiger partial charge in [0.2, 0.25) is 0 Å². The Morgan fingerprint density at radius 1 is 1.03 bits per heavy atom. The van der Waals surface area contributed by atoms with Gasteiger partial charge in [-0.2, -0.15) is 5.26 Å². The van der Waals surface area contributed by atoms with Crippen LogP contribution in [-0.2, 0) is 5.75 Å². The number of hydrogen-bond donors (Lipinski definition) is 1. The molecule has 0 amide bonds. The fourth-order valence-corrected chi connectivity index (χ4v) is 4.02. The number of nitriles is 1. The number of aromatic nitrogens is 2. The molecule has 1 atom stereocenters. The van der Waals surface area contributed by atoms with Crippen molar-refractivity contribution in [1.29, 1.82) is 5.26 Å². The zero-order chi connectivity index (χ0) is 20.1. The van der Waals surface area contributed by atoms with E-state index in [-0.39, 0.29) is 0 Å². The first-order valence-electron chi connectivity index (χ1n) is 9.08. The second kappa shape index (κ2) is 8.95. The number of benzene rings is 3. The molecule has 0 aliphatic carbocycles. The van der Waals surface area contributed by atoms with Gasteiger partial charge in [0.05, 0.1) is 27.8 Å². The number of nitrogens with one attached hydrogen (secondary N) is 1. The van der Waals surface area contributed by atoms with E-state index in [1.807, 2.05) is 78.9 Å². The van der Waals surface area contributed by atoms with Crippen LogP contribution in [0.4, 0.5) is 5.69 Å². The Labute approximate surface area is 178 Å². The summed E-state index contributed by atoms with van der Waals surface area (Å²) in [5.74, 6) is 0.702. The van der Waals surface area contributed by atoms with Crippen LogP contribution in [0.5, 0.6) is 0 Å². The molecule has 0 radical (unpaired) electrons. The van der Waals surface area contributed by atoms with Gasteiger partial charge < -0.3 is 4.98 Å². The van der Waals surface area contributed by atoms with Crippen molar-refractivity contribution in [2.45, 2.75) is 11.7 Å². The lowest BCUT2D eigenvalue weighted by Gasteiger charge is -2.11. The van der Waals surface area contributed by atoms with Gasteiger partial charge in [0.1, 0.15) is 5.82 Å². The fraction of sp³-hybridized carbons (Fsp3) is 0.0870. The minimum absolute atomic E-state index is 0.583. The molecule has 0 fully saturated rings. The van der Waals surface area contributed by atoms with Crippen molar-refractivity contribution in [3.63, 3.8) is 0 Å². The van der Waals surface area contributed by atoms with Crippen molar-refractivity contribution < 1.29 is 0 Å². The maximum Gasteiger partial charge on any atom is 0.152 e. The number of nitrogens with zero attached hydrogens (tertiary/aromatic N) is 3. The molecule has 4 aromatic rings. The quantitative estimate of drug-likeness (QED) is 0.299. The van der Waals surface area contributed by atoms with E-state index >= 15 is 0 Å². The number of thioether (sulfide) groups is 1. The summed E-state index contributed by atoms with van der Waals surface area (Å²) < 4.78 is 0. The molecule has 1 heterocycles. The van der Waals surface area contributed by atoms with Crippen molar-refractivity contribution in [3.8, 4) is 6.07 Å². The minimum atomic E-state index is -0.583. The number of hydrogen-bond acceptors (Lipinski definition) is 4. The molecule has 4 nitrogen and oxygen atoms in total. The van der Waals surface area contributed by atoms with Crippen LogP contribution in [0.3, 0.4) is 0 Å². The first-order chi connectivity index (χ1) is 14.2. The van der Waals surface area contributed by atoms with Gasteiger partial charge >= 0.3 is 0 Å². The Morgan fingerprint density at radius 3 is 2.48 bits per heavy atom. The monoisotopic (exact) mass is 416 g/mol. The summed E-state index contributed by atoms with van der Waals surface area (Å²) in [5.41, 5.74) is 3.66. The second-order valence-corrected chi connectivity index (χ2v) is 7.83. The Balaban J connectivity index is 1.68. The van der Waals surface area contributed by atoms with Gasteiger partial charge in [-0.25, -0.2) is 9.98 Å². The summed E-state index contributed by atoms with van der Waals surface area (Å²) in [6.45, 7) is 0. The highest BCUT2D eigenvalue weighted by atomic mass is 35.5. The average molecular weight is 417 g/mol. The van der Waals surface area contributed by atoms with Crippen LogP contribution in [0, 0.1) is 11.3 Å². The third-order valence-corrected chi connectivity index (χ3v) is 5.71. The molecule has 0 bridgehead atoms. The fourth-order valence-electron chi connectivity index (χ4n) is 2.89. The summed E-state index contributed by atoms with van der Waals surface area (Å²) in [7, 11) is 0. The molecular weight excluding hydrogens is 400 g/mol. The smallest absolute Gasteiger partial charge is 0.152 e. The predicted octanol–water partition coefficient (Wildman–Crippen LogP) is 6.49. The highest BCUT2D eigenvalue weighted by molar-refractivity contribution is 8.13. The van der Waals surface area contributed by atoms with Crippen molar-refractivity contribution in [3.05, 3.63) is 95.3 Å². The van der Waals surface area contributed by atoms with Crippen LogP contribution >= 0.6 is 23.4 Å². The van der Waals surface area contributed by atoms with Gasteiger partial charge in [0.25, 0.3) is 0 Å². The summed E-state index contributed by atoms with van der Waals surface area (Å²) in [5, 5.41) is 11.4. The van der Waals surface area contributed by atoms with E-state index in [4.69, 9.17) is 16.6 Å². The first kappa shape index (κ1) is 19.3. The standard InChI is InChI=1S/C23H17ClN4S/c24-17-12-10-16(11-13-17)15-29-23(26-18-6-2-1-3-7-18)19(14-25)22-27-20-8-4-5-9-21(20)28-22/h1-13,19H,15H2,(H,27,28)/t19-/m0/s1. The van der Waals surface area contributed by atoms with E-state index in [2.05, 4.69) is 16.0 Å². The number of rotatable bonds is 5. The summed E-state index contributed by atoms with van der Waals surface area (Å²) >= 11 is 7.52. The number of para-hydroxylation sites is 3. The molecule has 0 unspecified atom stereocenters. The van der Waals surface area contributed by atoms with E-state index in [9.17, 15) is 5.26 Å². The van der Waals surface area contributed by atoms with E-state index < -0.39 is 5.92 Å². The normalized spacial score (nSPS) is 12.6. The predicted molar refractivity (Wildman–Crippen MR) is 121 cm³/mol. The molecule has 1 aromatic heterocycles. The van der Waals surface area contributed by atoms with E-state index in [0.717, 1.165) is 22.3 Å². The summed E-state index contributed by atoms with van der Waals surface area (Å²) in [6.07, 6.45) is 0. The summed E-state index contributed by atoms with van der Waals surface area (Å²) in [4.78, 5) is 12.7. The number of aliphatic imine (C=N–C) groups is 1. The Kier molecular flexibility index (Phi) is 5.95. The van der Waals surface area contributed by atoms with Crippen LogP contribution in [0.15, 0.2) is 83.9 Å². The Bertz CT molecular complexity index is 1140. The molecule has 6 heteroatoms. The zero-order valence-electron chi connectivity index (χ0n) is 15.4. The van der Waals surface area contributed by atoms with Gasteiger partial charge in [0.15, 0.2) is 5.92 Å². The second-order valence-electron chi connectivity index (χ2n) is 6.40. The number of aromatic amines is 1. The SMILES string of the molecule is N#C[C@H](C(=Nc1ccccc1)SCc1ccc(Cl)cc1)c1nc2ccccc2[nH]1. The molecule has 1 N–H and O–H groups in total. The molecule has 3 aromatic carbocycles. The Hall–Kier alpha value is -3.07. The number of halogens is 1. The molecule has 0 aliphatic rings. The first-order valence-corrected chi connectivity index (χ1v) is 10.4. The van der Waals surface area contributed by atoms with Crippen LogP contribution in [0.1, 0.15) is 17.3 Å². The van der Waals surface area contributed by atoms with Gasteiger partial charge in [-0.1, -0.05) is 54.1 Å². The zero-order valence-corrected chi connectivity index (χ0v) is 17.0. The molecule has 0 saturated heterocycles. The van der Waals surface area contributed by atoms with E-state index in [1.54, 1.807) is 0 Å². The topological polar surface area (TPSA) is 64.8 Å². The van der Waals surface area contributed by atoms with Gasteiger partial charge in [0, 0.05) is 10.8 Å². The molecule has 29 heavy (non-hydrogen) atoms. The van der Waals surface area contributed by atoms with Gasteiger partial charge in [-0.05, 0) is 42.0 Å². The Morgan fingerprint density at radius 2 is 1.76 bits per heavy atom. The van der Waals surface area contributed by atoms with Crippen LogP contribution in [0.2, 0.25) is 5.02 Å². The van der Waals surface area contributed by atoms with Crippen molar-refractivity contribution in [1.82, 2.24) is 9.97 Å². The van der Waals surface area contributed by atoms with Gasteiger partial charge in [-0.15, -0.1) is 11.8 Å². The van der Waals surface area contributed by atoms with E-state index in [1.165, 1.54) is 11.8 Å². The average Bonchev–Trinajstić information content (AvgIpc) is 3.18. The molecular formula is C23H17ClN4S. The van der Waals surface area contributed by atoms with Crippen molar-refractivity contribution >= 4 is 45.1 Å². The van der Waals surface area contributed by atoms with Crippen molar-refractivity contribution in [2.24, 2.45) is 4.99 Å². The molecule has 0 aliphatic heterocycles. The highest BCUT2D eigenvalue weighted by Crippen LogP contribution is 2.29. The maximum absolute atomic E-state index is 9.97. The lowest BCUT2D eigenvalue weighted by Crippen LogP contribution is -2.09.